The van der Waals surface area contributed by atoms with Crippen molar-refractivity contribution in [1.29, 1.82) is 0 Å². The predicted octanol–water partition coefficient (Wildman–Crippen LogP) is 2.77. The molecule has 0 saturated heterocycles. The van der Waals surface area contributed by atoms with Crippen LogP contribution in [0, 0.1) is 0 Å². The minimum atomic E-state index is -4.33. The van der Waals surface area contributed by atoms with Crippen molar-refractivity contribution in [3.05, 3.63) is 12.3 Å². The third-order valence-electron chi connectivity index (χ3n) is 2.40. The molecule has 88 valence electrons. The van der Waals surface area contributed by atoms with Gasteiger partial charge in [0.25, 0.3) is 0 Å². The Balaban J connectivity index is 2.26. The van der Waals surface area contributed by atoms with Crippen LogP contribution in [-0.4, -0.2) is 23.5 Å². The lowest BCUT2D eigenvalue weighted by Crippen LogP contribution is -2.27. The molecule has 1 N–H and O–H groups in total. The summed E-state index contributed by atoms with van der Waals surface area (Å²) in [4.78, 5) is 0. The van der Waals surface area contributed by atoms with Gasteiger partial charge < -0.3 is 9.84 Å². The van der Waals surface area contributed by atoms with Gasteiger partial charge in [0.1, 0.15) is 0 Å². The molecule has 0 spiro atoms. The Morgan fingerprint density at radius 2 is 1.87 bits per heavy atom. The standard InChI is InChI=1S/C10H15F3O2/c11-9(10(12,13)14)6-7-15-8-4-2-1-3-5-8/h6-9,14H,1-5H2/b7-6+. The molecule has 0 aromatic rings. The summed E-state index contributed by atoms with van der Waals surface area (Å²) in [5.41, 5.74) is 0. The van der Waals surface area contributed by atoms with E-state index in [0.29, 0.717) is 6.08 Å². The Kier molecular flexibility index (Phi) is 4.45. The summed E-state index contributed by atoms with van der Waals surface area (Å²) in [6, 6.07) is 0. The quantitative estimate of drug-likeness (QED) is 0.744. The van der Waals surface area contributed by atoms with Crippen molar-refractivity contribution in [2.45, 2.75) is 50.5 Å². The number of hydrogen-bond donors (Lipinski definition) is 1. The fraction of sp³-hybridized carbons (Fsp3) is 0.800. The first-order valence-electron chi connectivity index (χ1n) is 5.06. The Bertz CT molecular complexity index is 207. The highest BCUT2D eigenvalue weighted by atomic mass is 19.3. The molecule has 5 heteroatoms. The predicted molar refractivity (Wildman–Crippen MR) is 49.2 cm³/mol. The lowest BCUT2D eigenvalue weighted by atomic mass is 9.98. The van der Waals surface area contributed by atoms with E-state index in [1.807, 2.05) is 0 Å². The SMILES string of the molecule is OC(F)(F)C(F)/C=C/OC1CCCCC1. The monoisotopic (exact) mass is 224 g/mol. The molecule has 0 bridgehead atoms. The van der Waals surface area contributed by atoms with Crippen molar-refractivity contribution >= 4 is 0 Å². The van der Waals surface area contributed by atoms with Crippen LogP contribution in [0.1, 0.15) is 32.1 Å². The summed E-state index contributed by atoms with van der Waals surface area (Å²) in [6.07, 6.45) is -0.583. The highest BCUT2D eigenvalue weighted by Gasteiger charge is 2.35. The fourth-order valence-electron chi connectivity index (χ4n) is 1.54. The van der Waals surface area contributed by atoms with Crippen LogP contribution in [0.5, 0.6) is 0 Å². The maximum atomic E-state index is 12.5. The topological polar surface area (TPSA) is 29.5 Å². The van der Waals surface area contributed by atoms with E-state index in [4.69, 9.17) is 9.84 Å². The van der Waals surface area contributed by atoms with Crippen LogP contribution in [0.3, 0.4) is 0 Å². The van der Waals surface area contributed by atoms with Crippen LogP contribution in [0.4, 0.5) is 13.2 Å². The first-order chi connectivity index (χ1) is 7.00. The maximum absolute atomic E-state index is 12.5. The molecule has 1 aliphatic rings. The summed E-state index contributed by atoms with van der Waals surface area (Å²) in [6.45, 7) is 0. The van der Waals surface area contributed by atoms with Crippen molar-refractivity contribution in [3.8, 4) is 0 Å². The molecule has 0 radical (unpaired) electrons. The third-order valence-corrected chi connectivity index (χ3v) is 2.40. The number of ether oxygens (including phenoxy) is 1. The van der Waals surface area contributed by atoms with Gasteiger partial charge in [0.2, 0.25) is 6.17 Å². The van der Waals surface area contributed by atoms with E-state index in [-0.39, 0.29) is 6.10 Å². The van der Waals surface area contributed by atoms with E-state index in [9.17, 15) is 13.2 Å². The highest BCUT2D eigenvalue weighted by Crippen LogP contribution is 2.22. The smallest absolute Gasteiger partial charge is 0.388 e. The second kappa shape index (κ2) is 5.39. The average molecular weight is 224 g/mol. The van der Waals surface area contributed by atoms with Crippen molar-refractivity contribution in [3.63, 3.8) is 0 Å². The average Bonchev–Trinajstić information content (AvgIpc) is 2.18. The van der Waals surface area contributed by atoms with Gasteiger partial charge in [-0.05, 0) is 31.8 Å². The summed E-state index contributed by atoms with van der Waals surface area (Å²) in [5.74, 6) is 0. The molecular formula is C10H15F3O2. The minimum Gasteiger partial charge on any atom is -0.498 e. The van der Waals surface area contributed by atoms with Crippen molar-refractivity contribution < 1.29 is 23.0 Å². The van der Waals surface area contributed by atoms with E-state index in [0.717, 1.165) is 38.4 Å². The molecule has 1 fully saturated rings. The molecule has 0 aromatic carbocycles. The Labute approximate surface area is 86.7 Å². The van der Waals surface area contributed by atoms with Crippen LogP contribution in [0.2, 0.25) is 0 Å². The number of halogens is 3. The summed E-state index contributed by atoms with van der Waals surface area (Å²) < 4.78 is 41.5. The molecule has 0 heterocycles. The van der Waals surface area contributed by atoms with Gasteiger partial charge in [0, 0.05) is 0 Å². The van der Waals surface area contributed by atoms with Crippen LogP contribution < -0.4 is 0 Å². The molecule has 1 unspecified atom stereocenters. The number of alkyl halides is 3. The first kappa shape index (κ1) is 12.4. The van der Waals surface area contributed by atoms with E-state index >= 15 is 0 Å². The van der Waals surface area contributed by atoms with Crippen molar-refractivity contribution in [2.75, 3.05) is 0 Å². The van der Waals surface area contributed by atoms with E-state index in [2.05, 4.69) is 0 Å². The van der Waals surface area contributed by atoms with Gasteiger partial charge in [-0.25, -0.2) is 4.39 Å². The zero-order valence-electron chi connectivity index (χ0n) is 8.33. The molecule has 0 amide bonds. The number of rotatable bonds is 4. The third kappa shape index (κ3) is 4.55. The summed E-state index contributed by atoms with van der Waals surface area (Å²) >= 11 is 0. The fourth-order valence-corrected chi connectivity index (χ4v) is 1.54. The summed E-state index contributed by atoms with van der Waals surface area (Å²) in [7, 11) is 0. The Morgan fingerprint density at radius 1 is 1.27 bits per heavy atom. The highest BCUT2D eigenvalue weighted by molar-refractivity contribution is 4.88. The molecule has 2 nitrogen and oxygen atoms in total. The zero-order chi connectivity index (χ0) is 11.3. The lowest BCUT2D eigenvalue weighted by Gasteiger charge is -2.21. The minimum absolute atomic E-state index is 0.00508. The largest absolute Gasteiger partial charge is 0.498 e. The number of hydrogen-bond acceptors (Lipinski definition) is 2. The van der Waals surface area contributed by atoms with Crippen LogP contribution in [0.15, 0.2) is 12.3 Å². The van der Waals surface area contributed by atoms with Crippen LogP contribution in [0.25, 0.3) is 0 Å². The molecular weight excluding hydrogens is 209 g/mol. The molecule has 0 aliphatic heterocycles. The van der Waals surface area contributed by atoms with Gasteiger partial charge in [-0.1, -0.05) is 6.42 Å². The van der Waals surface area contributed by atoms with Crippen LogP contribution >= 0.6 is 0 Å². The van der Waals surface area contributed by atoms with Gasteiger partial charge in [-0.15, -0.1) is 0 Å². The zero-order valence-corrected chi connectivity index (χ0v) is 8.33. The van der Waals surface area contributed by atoms with Gasteiger partial charge in [0.15, 0.2) is 0 Å². The van der Waals surface area contributed by atoms with Gasteiger partial charge in [-0.3, -0.25) is 0 Å². The molecule has 1 aliphatic carbocycles. The van der Waals surface area contributed by atoms with Gasteiger partial charge in [-0.2, -0.15) is 8.78 Å². The Morgan fingerprint density at radius 3 is 2.40 bits per heavy atom. The summed E-state index contributed by atoms with van der Waals surface area (Å²) in [5, 5.41) is 8.01. The molecule has 0 aromatic heterocycles. The first-order valence-corrected chi connectivity index (χ1v) is 5.06. The van der Waals surface area contributed by atoms with Gasteiger partial charge in [0.05, 0.1) is 12.4 Å². The van der Waals surface area contributed by atoms with Crippen molar-refractivity contribution in [2.24, 2.45) is 0 Å². The number of aliphatic hydroxyl groups is 1. The maximum Gasteiger partial charge on any atom is 0.388 e. The van der Waals surface area contributed by atoms with Gasteiger partial charge >= 0.3 is 6.11 Å². The van der Waals surface area contributed by atoms with Crippen molar-refractivity contribution in [1.82, 2.24) is 0 Å². The van der Waals surface area contributed by atoms with E-state index < -0.39 is 12.3 Å². The normalized spacial score (nSPS) is 21.9. The molecule has 15 heavy (non-hydrogen) atoms. The molecule has 1 rings (SSSR count). The van der Waals surface area contributed by atoms with Crippen LogP contribution in [-0.2, 0) is 4.74 Å². The molecule has 1 saturated carbocycles. The Hall–Kier alpha value is -0.710. The van der Waals surface area contributed by atoms with E-state index in [1.165, 1.54) is 0 Å². The molecule has 1 atom stereocenters. The lowest BCUT2D eigenvalue weighted by molar-refractivity contribution is -0.229. The second-order valence-electron chi connectivity index (χ2n) is 3.71. The van der Waals surface area contributed by atoms with E-state index in [1.54, 1.807) is 0 Å². The second-order valence-corrected chi connectivity index (χ2v) is 3.71.